The molecular formula is C19H15ClFN3O3. The van der Waals surface area contributed by atoms with Crippen molar-refractivity contribution in [3.05, 3.63) is 75.8 Å². The number of nitrogens with zero attached hydrogens (tertiary/aromatic N) is 2. The molecule has 6 nitrogen and oxygen atoms in total. The fourth-order valence-electron chi connectivity index (χ4n) is 2.44. The van der Waals surface area contributed by atoms with Crippen LogP contribution >= 0.6 is 11.6 Å². The third-order valence-corrected chi connectivity index (χ3v) is 3.96. The number of anilines is 1. The molecule has 1 heterocycles. The maximum atomic E-state index is 14.2. The molecule has 0 saturated carbocycles. The molecule has 0 aliphatic carbocycles. The highest BCUT2D eigenvalue weighted by Crippen LogP contribution is 2.24. The zero-order valence-electron chi connectivity index (χ0n) is 14.3. The van der Waals surface area contributed by atoms with E-state index < -0.39 is 17.3 Å². The lowest BCUT2D eigenvalue weighted by molar-refractivity contribution is -0.117. The Labute approximate surface area is 159 Å². The van der Waals surface area contributed by atoms with E-state index in [-0.39, 0.29) is 17.8 Å². The summed E-state index contributed by atoms with van der Waals surface area (Å²) in [7, 11) is 1.44. The number of rotatable bonds is 5. The van der Waals surface area contributed by atoms with Crippen LogP contribution in [0.1, 0.15) is 0 Å². The second-order valence-electron chi connectivity index (χ2n) is 5.62. The number of amides is 1. The monoisotopic (exact) mass is 387 g/mol. The van der Waals surface area contributed by atoms with Gasteiger partial charge in [-0.1, -0.05) is 17.7 Å². The van der Waals surface area contributed by atoms with Crippen molar-refractivity contribution in [2.45, 2.75) is 6.54 Å². The van der Waals surface area contributed by atoms with E-state index in [2.05, 4.69) is 10.4 Å². The first-order valence-corrected chi connectivity index (χ1v) is 8.31. The van der Waals surface area contributed by atoms with Crippen LogP contribution in [0.15, 0.2) is 59.4 Å². The number of hydrogen-bond acceptors (Lipinski definition) is 4. The number of carbonyl (C=O) groups is 1. The van der Waals surface area contributed by atoms with Crippen LogP contribution in [-0.2, 0) is 11.3 Å². The van der Waals surface area contributed by atoms with Crippen molar-refractivity contribution < 1.29 is 13.9 Å². The van der Waals surface area contributed by atoms with E-state index in [1.165, 1.54) is 31.4 Å². The summed E-state index contributed by atoms with van der Waals surface area (Å²) < 4.78 is 20.2. The molecule has 0 aliphatic heterocycles. The summed E-state index contributed by atoms with van der Waals surface area (Å²) in [5.74, 6) is -0.639. The lowest BCUT2D eigenvalue weighted by Crippen LogP contribution is -2.29. The van der Waals surface area contributed by atoms with E-state index >= 15 is 0 Å². The number of methoxy groups -OCH3 is 1. The molecule has 3 aromatic rings. The molecule has 3 rings (SSSR count). The first kappa shape index (κ1) is 18.6. The van der Waals surface area contributed by atoms with E-state index in [1.54, 1.807) is 30.3 Å². The van der Waals surface area contributed by atoms with E-state index in [9.17, 15) is 14.0 Å². The summed E-state index contributed by atoms with van der Waals surface area (Å²) in [6.07, 6.45) is 0. The Morgan fingerprint density at radius 3 is 2.74 bits per heavy atom. The van der Waals surface area contributed by atoms with Crippen molar-refractivity contribution in [2.24, 2.45) is 0 Å². The first-order chi connectivity index (χ1) is 13.0. The smallest absolute Gasteiger partial charge is 0.267 e. The van der Waals surface area contributed by atoms with Crippen LogP contribution < -0.4 is 15.6 Å². The molecule has 0 spiro atoms. The van der Waals surface area contributed by atoms with Crippen molar-refractivity contribution in [3.63, 3.8) is 0 Å². The molecule has 0 aliphatic rings. The van der Waals surface area contributed by atoms with Gasteiger partial charge in [0.1, 0.15) is 18.1 Å². The second kappa shape index (κ2) is 8.01. The second-order valence-corrected chi connectivity index (χ2v) is 6.06. The van der Waals surface area contributed by atoms with Crippen LogP contribution in [0, 0.1) is 5.82 Å². The van der Waals surface area contributed by atoms with E-state index in [1.807, 2.05) is 0 Å². The minimum absolute atomic E-state index is 0.194. The number of ether oxygens (including phenoxy) is 1. The van der Waals surface area contributed by atoms with E-state index in [0.717, 1.165) is 4.68 Å². The Morgan fingerprint density at radius 2 is 2.04 bits per heavy atom. The molecule has 0 fully saturated rings. The van der Waals surface area contributed by atoms with Gasteiger partial charge in [-0.25, -0.2) is 9.07 Å². The maximum absolute atomic E-state index is 14.2. The fraction of sp³-hybridized carbons (Fsp3) is 0.105. The molecule has 0 saturated heterocycles. The predicted octanol–water partition coefficient (Wildman–Crippen LogP) is 3.35. The Hall–Kier alpha value is -3.19. The average molecular weight is 388 g/mol. The lowest BCUT2D eigenvalue weighted by atomic mass is 10.1. The fourth-order valence-corrected chi connectivity index (χ4v) is 2.63. The van der Waals surface area contributed by atoms with Gasteiger partial charge in [-0.3, -0.25) is 9.59 Å². The van der Waals surface area contributed by atoms with Crippen molar-refractivity contribution in [2.75, 3.05) is 12.4 Å². The number of nitrogens with one attached hydrogen (secondary N) is 1. The minimum atomic E-state index is -0.546. The molecular weight excluding hydrogens is 373 g/mol. The molecule has 0 radical (unpaired) electrons. The maximum Gasteiger partial charge on any atom is 0.267 e. The zero-order valence-corrected chi connectivity index (χ0v) is 15.0. The van der Waals surface area contributed by atoms with E-state index in [4.69, 9.17) is 16.3 Å². The number of aromatic nitrogens is 2. The Kier molecular flexibility index (Phi) is 5.52. The molecule has 8 heteroatoms. The van der Waals surface area contributed by atoms with Gasteiger partial charge in [0, 0.05) is 28.4 Å². The molecule has 1 aromatic heterocycles. The number of halogens is 2. The quantitative estimate of drug-likeness (QED) is 0.728. The van der Waals surface area contributed by atoms with Gasteiger partial charge in [-0.15, -0.1) is 0 Å². The largest absolute Gasteiger partial charge is 0.497 e. The molecule has 0 unspecified atom stereocenters. The van der Waals surface area contributed by atoms with Crippen molar-refractivity contribution >= 4 is 23.2 Å². The molecule has 0 bridgehead atoms. The van der Waals surface area contributed by atoms with Gasteiger partial charge in [0.15, 0.2) is 0 Å². The van der Waals surface area contributed by atoms with Crippen LogP contribution in [0.4, 0.5) is 10.1 Å². The number of carbonyl (C=O) groups excluding carboxylic acids is 1. The van der Waals surface area contributed by atoms with Gasteiger partial charge in [0.05, 0.1) is 12.8 Å². The Bertz CT molecular complexity index is 1050. The molecule has 138 valence electrons. The highest BCUT2D eigenvalue weighted by Gasteiger charge is 2.12. The van der Waals surface area contributed by atoms with Crippen molar-refractivity contribution in [1.82, 2.24) is 9.78 Å². The molecule has 27 heavy (non-hydrogen) atoms. The number of benzene rings is 2. The molecule has 1 amide bonds. The summed E-state index contributed by atoms with van der Waals surface area (Å²) in [6, 6.07) is 13.6. The highest BCUT2D eigenvalue weighted by molar-refractivity contribution is 6.30. The van der Waals surface area contributed by atoms with Gasteiger partial charge in [0.25, 0.3) is 5.56 Å². The first-order valence-electron chi connectivity index (χ1n) is 7.94. The summed E-state index contributed by atoms with van der Waals surface area (Å²) in [5, 5.41) is 7.20. The summed E-state index contributed by atoms with van der Waals surface area (Å²) in [5.41, 5.74) is 0.442. The third-order valence-electron chi connectivity index (χ3n) is 3.72. The standard InChI is InChI=1S/C19H15ClFN3O3/c1-27-14-5-6-15(16(21)10-14)17-7-8-19(26)24(23-17)11-18(25)22-13-4-2-3-12(20)9-13/h2-10H,11H2,1H3,(H,22,25). The molecule has 0 atom stereocenters. The minimum Gasteiger partial charge on any atom is -0.497 e. The molecule has 2 aromatic carbocycles. The van der Waals surface area contributed by atoms with Crippen LogP contribution in [-0.4, -0.2) is 22.8 Å². The van der Waals surface area contributed by atoms with Gasteiger partial charge in [-0.05, 0) is 36.4 Å². The van der Waals surface area contributed by atoms with Gasteiger partial charge < -0.3 is 10.1 Å². The lowest BCUT2D eigenvalue weighted by Gasteiger charge is -2.09. The summed E-state index contributed by atoms with van der Waals surface area (Å²) in [4.78, 5) is 24.2. The third kappa shape index (κ3) is 4.51. The Morgan fingerprint density at radius 1 is 1.22 bits per heavy atom. The Balaban J connectivity index is 1.83. The van der Waals surface area contributed by atoms with Crippen molar-refractivity contribution in [3.8, 4) is 17.0 Å². The van der Waals surface area contributed by atoms with Gasteiger partial charge >= 0.3 is 0 Å². The SMILES string of the molecule is COc1ccc(-c2ccc(=O)n(CC(=O)Nc3cccc(Cl)c3)n2)c(F)c1. The van der Waals surface area contributed by atoms with Crippen molar-refractivity contribution in [1.29, 1.82) is 0 Å². The van der Waals surface area contributed by atoms with E-state index in [0.29, 0.717) is 16.5 Å². The van der Waals surface area contributed by atoms with Crippen LogP contribution in [0.3, 0.4) is 0 Å². The van der Waals surface area contributed by atoms with Gasteiger partial charge in [-0.2, -0.15) is 5.10 Å². The topological polar surface area (TPSA) is 73.2 Å². The summed E-state index contributed by atoms with van der Waals surface area (Å²) in [6.45, 7) is -0.322. The zero-order chi connectivity index (χ0) is 19.4. The number of hydrogen-bond donors (Lipinski definition) is 1. The normalized spacial score (nSPS) is 10.5. The summed E-state index contributed by atoms with van der Waals surface area (Å²) >= 11 is 5.88. The molecule has 1 N–H and O–H groups in total. The highest BCUT2D eigenvalue weighted by atomic mass is 35.5. The van der Waals surface area contributed by atoms with Crippen LogP contribution in [0.5, 0.6) is 5.75 Å². The predicted molar refractivity (Wildman–Crippen MR) is 101 cm³/mol. The average Bonchev–Trinajstić information content (AvgIpc) is 2.63. The van der Waals surface area contributed by atoms with Crippen LogP contribution in [0.2, 0.25) is 5.02 Å². The van der Waals surface area contributed by atoms with Gasteiger partial charge in [0.2, 0.25) is 5.91 Å². The van der Waals surface area contributed by atoms with Crippen LogP contribution in [0.25, 0.3) is 11.3 Å².